The van der Waals surface area contributed by atoms with Crippen molar-refractivity contribution in [3.05, 3.63) is 48.0 Å². The monoisotopic (exact) mass is 468 g/mol. The molecule has 1 N–H and O–H groups in total. The van der Waals surface area contributed by atoms with E-state index >= 15 is 0 Å². The van der Waals surface area contributed by atoms with Crippen LogP contribution in [-0.2, 0) is 19.1 Å². The Bertz CT molecular complexity index is 1070. The Morgan fingerprint density at radius 2 is 1.91 bits per heavy atom. The third-order valence-electron chi connectivity index (χ3n) is 10.0. The Balaban J connectivity index is 1.69. The second kappa shape index (κ2) is 7.33. The first-order valence-electron chi connectivity index (χ1n) is 12.3. The van der Waals surface area contributed by atoms with Gasteiger partial charge in [-0.1, -0.05) is 46.8 Å². The van der Waals surface area contributed by atoms with E-state index in [-0.39, 0.29) is 34.6 Å². The number of carbonyl (C=O) groups is 2. The molecule has 4 aliphatic rings. The van der Waals surface area contributed by atoms with Gasteiger partial charge >= 0.3 is 11.9 Å². The minimum atomic E-state index is -0.561. The van der Waals surface area contributed by atoms with Gasteiger partial charge in [0.15, 0.2) is 0 Å². The SMILES string of the molecule is CC(=O)O[C@H]1C[C@H]2C(C)(C)[C@H](O)C=C[C@]2(C)C2CC[C@]3(C)C(=CC(=O)O[C@H]3c3ccoc3)[C@@]21C. The van der Waals surface area contributed by atoms with E-state index in [9.17, 15) is 14.7 Å². The van der Waals surface area contributed by atoms with Crippen LogP contribution in [0.5, 0.6) is 0 Å². The van der Waals surface area contributed by atoms with Crippen molar-refractivity contribution in [3.8, 4) is 0 Å². The Kier molecular flexibility index (Phi) is 5.05. The van der Waals surface area contributed by atoms with E-state index in [0.29, 0.717) is 6.42 Å². The van der Waals surface area contributed by atoms with E-state index in [2.05, 4.69) is 40.7 Å². The van der Waals surface area contributed by atoms with Gasteiger partial charge in [0, 0.05) is 29.4 Å². The number of ether oxygens (including phenoxy) is 2. The third kappa shape index (κ3) is 2.96. The zero-order valence-corrected chi connectivity index (χ0v) is 21.0. The first-order chi connectivity index (χ1) is 15.8. The number of aliphatic hydroxyl groups excluding tert-OH is 1. The molecule has 8 atom stereocenters. The Hall–Kier alpha value is -2.34. The largest absolute Gasteiger partial charge is 0.472 e. The highest BCUT2D eigenvalue weighted by Crippen LogP contribution is 2.72. The number of rotatable bonds is 2. The topological polar surface area (TPSA) is 86.0 Å². The molecule has 0 amide bonds. The molecule has 0 spiro atoms. The van der Waals surface area contributed by atoms with Gasteiger partial charge in [-0.15, -0.1) is 0 Å². The molecule has 0 aromatic carbocycles. The van der Waals surface area contributed by atoms with Crippen molar-refractivity contribution in [3.63, 3.8) is 0 Å². The van der Waals surface area contributed by atoms with E-state index in [1.807, 2.05) is 12.1 Å². The number of esters is 2. The average molecular weight is 469 g/mol. The molecule has 0 bridgehead atoms. The van der Waals surface area contributed by atoms with Gasteiger partial charge in [-0.25, -0.2) is 4.79 Å². The molecule has 2 fully saturated rings. The van der Waals surface area contributed by atoms with Crippen LogP contribution in [0.1, 0.15) is 72.5 Å². The predicted molar refractivity (Wildman–Crippen MR) is 125 cm³/mol. The van der Waals surface area contributed by atoms with E-state index in [1.54, 1.807) is 18.6 Å². The van der Waals surface area contributed by atoms with E-state index in [4.69, 9.17) is 13.9 Å². The van der Waals surface area contributed by atoms with Crippen molar-refractivity contribution >= 4 is 11.9 Å². The molecule has 1 unspecified atom stereocenters. The quantitative estimate of drug-likeness (QED) is 0.478. The van der Waals surface area contributed by atoms with Crippen LogP contribution in [-0.4, -0.2) is 29.3 Å². The third-order valence-corrected chi connectivity index (χ3v) is 10.0. The van der Waals surface area contributed by atoms with Crippen LogP contribution < -0.4 is 0 Å². The molecular weight excluding hydrogens is 432 g/mol. The standard InChI is InChI=1S/C28H36O6/c1-16(29)33-22-13-19-25(2,3)21(30)8-11-26(19,4)18-7-10-27(5)20(28(18,22)6)14-23(31)34-24(27)17-9-12-32-15-17/h8-9,11-12,14-15,18-19,21-22,24,30H,7,10,13H2,1-6H3/t18?,19-,21+,22-,24-,26+,27+,28+/m0/s1. The van der Waals surface area contributed by atoms with E-state index in [0.717, 1.165) is 24.0 Å². The highest BCUT2D eigenvalue weighted by molar-refractivity contribution is 5.85. The molecule has 184 valence electrons. The van der Waals surface area contributed by atoms with Crippen molar-refractivity contribution in [2.75, 3.05) is 0 Å². The second-order valence-corrected chi connectivity index (χ2v) is 12.1. The van der Waals surface area contributed by atoms with E-state index in [1.165, 1.54) is 6.92 Å². The fourth-order valence-electron chi connectivity index (χ4n) is 8.30. The molecule has 6 nitrogen and oxygen atoms in total. The van der Waals surface area contributed by atoms with Crippen molar-refractivity contribution in [2.45, 2.75) is 79.1 Å². The molecule has 3 aliphatic carbocycles. The highest BCUT2D eigenvalue weighted by atomic mass is 16.6. The van der Waals surface area contributed by atoms with Gasteiger partial charge in [0.2, 0.25) is 0 Å². The van der Waals surface area contributed by atoms with Crippen LogP contribution >= 0.6 is 0 Å². The molecule has 2 saturated carbocycles. The summed E-state index contributed by atoms with van der Waals surface area (Å²) >= 11 is 0. The number of fused-ring (bicyclic) bond motifs is 5. The highest BCUT2D eigenvalue weighted by Gasteiger charge is 2.68. The number of carbonyl (C=O) groups excluding carboxylic acids is 2. The minimum Gasteiger partial charge on any atom is -0.472 e. The van der Waals surface area contributed by atoms with Gasteiger partial charge in [0.25, 0.3) is 0 Å². The number of allylic oxidation sites excluding steroid dienone is 1. The minimum absolute atomic E-state index is 0.118. The van der Waals surface area contributed by atoms with Crippen LogP contribution in [0.4, 0.5) is 0 Å². The number of aliphatic hydroxyl groups is 1. The summed E-state index contributed by atoms with van der Waals surface area (Å²) in [5.74, 6) is -0.450. The zero-order chi connectivity index (χ0) is 24.7. The van der Waals surface area contributed by atoms with Crippen LogP contribution in [0, 0.1) is 33.5 Å². The van der Waals surface area contributed by atoms with E-state index < -0.39 is 29.1 Å². The fourth-order valence-corrected chi connectivity index (χ4v) is 8.30. The molecule has 34 heavy (non-hydrogen) atoms. The maximum absolute atomic E-state index is 12.9. The summed E-state index contributed by atoms with van der Waals surface area (Å²) in [6, 6.07) is 1.86. The lowest BCUT2D eigenvalue weighted by Crippen LogP contribution is -2.65. The van der Waals surface area contributed by atoms with Gasteiger partial charge < -0.3 is 19.0 Å². The van der Waals surface area contributed by atoms with Gasteiger partial charge in [0.1, 0.15) is 12.2 Å². The van der Waals surface area contributed by atoms with Crippen molar-refractivity contribution in [1.82, 2.24) is 0 Å². The zero-order valence-electron chi connectivity index (χ0n) is 21.0. The summed E-state index contributed by atoms with van der Waals surface area (Å²) in [5, 5.41) is 10.8. The summed E-state index contributed by atoms with van der Waals surface area (Å²) < 4.78 is 17.3. The van der Waals surface area contributed by atoms with Gasteiger partial charge in [0.05, 0.1) is 18.6 Å². The average Bonchev–Trinajstić information content (AvgIpc) is 3.28. The Morgan fingerprint density at radius 3 is 2.56 bits per heavy atom. The number of cyclic esters (lactones) is 1. The van der Waals surface area contributed by atoms with Gasteiger partial charge in [-0.3, -0.25) is 4.79 Å². The van der Waals surface area contributed by atoms with Crippen molar-refractivity contribution < 1.29 is 28.6 Å². The van der Waals surface area contributed by atoms with Crippen molar-refractivity contribution in [1.29, 1.82) is 0 Å². The lowest BCUT2D eigenvalue weighted by Gasteiger charge is -2.68. The first-order valence-corrected chi connectivity index (χ1v) is 12.3. The molecule has 6 heteroatoms. The van der Waals surface area contributed by atoms with Crippen LogP contribution in [0.25, 0.3) is 0 Å². The normalized spacial score (nSPS) is 44.7. The van der Waals surface area contributed by atoms with Crippen LogP contribution in [0.3, 0.4) is 0 Å². The van der Waals surface area contributed by atoms with Gasteiger partial charge in [-0.2, -0.15) is 0 Å². The molecule has 5 rings (SSSR count). The fraction of sp³-hybridized carbons (Fsp3) is 0.643. The summed E-state index contributed by atoms with van der Waals surface area (Å²) in [6.45, 7) is 12.3. The van der Waals surface area contributed by atoms with Crippen LogP contribution in [0.2, 0.25) is 0 Å². The molecule has 1 aromatic heterocycles. The Labute approximate surface area is 201 Å². The van der Waals surface area contributed by atoms with Crippen molar-refractivity contribution in [2.24, 2.45) is 33.5 Å². The summed E-state index contributed by atoms with van der Waals surface area (Å²) in [4.78, 5) is 25.3. The summed E-state index contributed by atoms with van der Waals surface area (Å²) in [6.07, 6.45) is 9.95. The molecular formula is C28H36O6. The molecule has 0 saturated heterocycles. The molecule has 2 heterocycles. The molecule has 0 radical (unpaired) electrons. The maximum atomic E-state index is 12.9. The summed E-state index contributed by atoms with van der Waals surface area (Å²) in [5.41, 5.74) is 0.245. The van der Waals surface area contributed by atoms with Crippen LogP contribution in [0.15, 0.2) is 46.8 Å². The first kappa shape index (κ1) is 23.4. The molecule has 1 aliphatic heterocycles. The second-order valence-electron chi connectivity index (χ2n) is 12.1. The number of hydrogen-bond acceptors (Lipinski definition) is 6. The lowest BCUT2D eigenvalue weighted by molar-refractivity contribution is -0.201. The Morgan fingerprint density at radius 1 is 1.18 bits per heavy atom. The smallest absolute Gasteiger partial charge is 0.331 e. The number of furan rings is 1. The number of hydrogen-bond donors (Lipinski definition) is 1. The molecule has 1 aromatic rings. The predicted octanol–water partition coefficient (Wildman–Crippen LogP) is 5.14. The van der Waals surface area contributed by atoms with Gasteiger partial charge in [-0.05, 0) is 53.6 Å². The summed E-state index contributed by atoms with van der Waals surface area (Å²) in [7, 11) is 0. The maximum Gasteiger partial charge on any atom is 0.331 e. The lowest BCUT2D eigenvalue weighted by atomic mass is 9.38.